The number of likely N-dealkylation sites (tertiary alicyclic amines) is 1. The van der Waals surface area contributed by atoms with Gasteiger partial charge in [-0.25, -0.2) is 18.4 Å². The first-order valence-corrected chi connectivity index (χ1v) is 9.68. The van der Waals surface area contributed by atoms with Crippen LogP contribution < -0.4 is 15.8 Å². The van der Waals surface area contributed by atoms with Crippen LogP contribution in [0.25, 0.3) is 0 Å². The highest BCUT2D eigenvalue weighted by Crippen LogP contribution is 2.20. The van der Waals surface area contributed by atoms with Gasteiger partial charge in [-0.2, -0.15) is 0 Å². The molecule has 8 heteroatoms. The number of hydrogen-bond donors (Lipinski definition) is 3. The van der Waals surface area contributed by atoms with Gasteiger partial charge in [-0.1, -0.05) is 19.9 Å². The molecule has 2 atom stereocenters. The molecule has 24 heavy (non-hydrogen) atoms. The van der Waals surface area contributed by atoms with Crippen molar-refractivity contribution in [1.29, 1.82) is 0 Å². The number of nitrogens with one attached hydrogen (secondary N) is 2. The van der Waals surface area contributed by atoms with Crippen molar-refractivity contribution in [1.82, 2.24) is 10.2 Å². The second-order valence-electron chi connectivity index (χ2n) is 6.66. The van der Waals surface area contributed by atoms with Crippen molar-refractivity contribution in [2.75, 3.05) is 31.5 Å². The number of urea groups is 1. The summed E-state index contributed by atoms with van der Waals surface area (Å²) in [6.45, 7) is 7.97. The van der Waals surface area contributed by atoms with Crippen molar-refractivity contribution in [2.45, 2.75) is 25.2 Å². The molecule has 134 valence electrons. The number of sulfonamides is 1. The summed E-state index contributed by atoms with van der Waals surface area (Å²) in [5, 5.41) is 10.5. The van der Waals surface area contributed by atoms with Crippen molar-refractivity contribution >= 4 is 21.7 Å². The monoisotopic (exact) mass is 354 g/mol. The van der Waals surface area contributed by atoms with Crippen molar-refractivity contribution in [3.8, 4) is 0 Å². The summed E-state index contributed by atoms with van der Waals surface area (Å²) in [6, 6.07) is 5.51. The zero-order chi connectivity index (χ0) is 17.7. The summed E-state index contributed by atoms with van der Waals surface area (Å²) in [6.07, 6.45) is 1.25. The zero-order valence-electron chi connectivity index (χ0n) is 14.2. The molecule has 2 rings (SSSR count). The minimum absolute atomic E-state index is 0.0309. The number of anilines is 1. The molecule has 0 aromatic heterocycles. The first-order chi connectivity index (χ1) is 11.2. The minimum atomic E-state index is -3.78. The topological polar surface area (TPSA) is 105 Å². The van der Waals surface area contributed by atoms with Gasteiger partial charge in [-0.15, -0.1) is 0 Å². The van der Waals surface area contributed by atoms with E-state index in [1.54, 1.807) is 6.07 Å². The third kappa shape index (κ3) is 5.77. The molecule has 1 aliphatic rings. The van der Waals surface area contributed by atoms with Gasteiger partial charge in [0.25, 0.3) is 0 Å². The van der Waals surface area contributed by atoms with Gasteiger partial charge in [0.2, 0.25) is 10.0 Å². The lowest BCUT2D eigenvalue weighted by atomic mass is 9.92. The van der Waals surface area contributed by atoms with Crippen LogP contribution in [0.15, 0.2) is 29.2 Å². The molecule has 1 heterocycles. The van der Waals surface area contributed by atoms with Crippen LogP contribution in [0.4, 0.5) is 10.5 Å². The van der Waals surface area contributed by atoms with Crippen molar-refractivity contribution < 1.29 is 13.2 Å². The Morgan fingerprint density at radius 3 is 2.58 bits per heavy atom. The summed E-state index contributed by atoms with van der Waals surface area (Å²) in [7, 11) is -3.78. The van der Waals surface area contributed by atoms with Crippen LogP contribution in [0.5, 0.6) is 0 Å². The maximum atomic E-state index is 11.9. The highest BCUT2D eigenvalue weighted by atomic mass is 32.2. The maximum absolute atomic E-state index is 11.9. The second-order valence-corrected chi connectivity index (χ2v) is 8.22. The van der Waals surface area contributed by atoms with E-state index in [0.717, 1.165) is 19.6 Å². The van der Waals surface area contributed by atoms with Crippen LogP contribution in [0.3, 0.4) is 0 Å². The predicted molar refractivity (Wildman–Crippen MR) is 94.2 cm³/mol. The van der Waals surface area contributed by atoms with E-state index >= 15 is 0 Å². The number of piperidine rings is 1. The fourth-order valence-corrected chi connectivity index (χ4v) is 3.79. The van der Waals surface area contributed by atoms with Crippen LogP contribution in [-0.4, -0.2) is 45.5 Å². The van der Waals surface area contributed by atoms with E-state index in [-0.39, 0.29) is 10.9 Å². The molecular formula is C16H26N4O3S. The number of amides is 2. The van der Waals surface area contributed by atoms with Gasteiger partial charge in [0, 0.05) is 31.9 Å². The molecule has 1 fully saturated rings. The number of primary sulfonamides is 1. The zero-order valence-corrected chi connectivity index (χ0v) is 15.0. The number of carbonyl (C=O) groups excluding carboxylic acids is 1. The number of carbonyl (C=O) groups is 1. The molecule has 2 amide bonds. The molecule has 0 saturated carbocycles. The van der Waals surface area contributed by atoms with Gasteiger partial charge in [-0.05, 0) is 36.5 Å². The van der Waals surface area contributed by atoms with Gasteiger partial charge in [0.1, 0.15) is 0 Å². The van der Waals surface area contributed by atoms with E-state index in [2.05, 4.69) is 29.4 Å². The Bertz CT molecular complexity index is 668. The molecular weight excluding hydrogens is 328 g/mol. The quantitative estimate of drug-likeness (QED) is 0.744. The average Bonchev–Trinajstić information content (AvgIpc) is 2.45. The maximum Gasteiger partial charge on any atom is 0.319 e. The predicted octanol–water partition coefficient (Wildman–Crippen LogP) is 1.43. The Labute approximate surface area is 143 Å². The highest BCUT2D eigenvalue weighted by molar-refractivity contribution is 7.89. The van der Waals surface area contributed by atoms with Gasteiger partial charge >= 0.3 is 6.03 Å². The highest BCUT2D eigenvalue weighted by Gasteiger charge is 2.21. The van der Waals surface area contributed by atoms with Crippen LogP contribution in [0.2, 0.25) is 0 Å². The van der Waals surface area contributed by atoms with Crippen LogP contribution in [0, 0.1) is 11.8 Å². The molecule has 2 unspecified atom stereocenters. The van der Waals surface area contributed by atoms with E-state index in [0.29, 0.717) is 24.1 Å². The third-order valence-electron chi connectivity index (χ3n) is 4.08. The largest absolute Gasteiger partial charge is 0.337 e. The minimum Gasteiger partial charge on any atom is -0.337 e. The molecule has 1 aromatic rings. The third-order valence-corrected chi connectivity index (χ3v) is 4.99. The summed E-state index contributed by atoms with van der Waals surface area (Å²) in [5.74, 6) is 1.37. The Morgan fingerprint density at radius 1 is 1.29 bits per heavy atom. The number of nitrogens with two attached hydrogens (primary N) is 1. The SMILES string of the molecule is CC1CC(C)CN(CCNC(=O)Nc2cccc(S(N)(=O)=O)c2)C1. The van der Waals surface area contributed by atoms with Crippen molar-refractivity contribution in [3.63, 3.8) is 0 Å². The Morgan fingerprint density at radius 2 is 1.96 bits per heavy atom. The fraction of sp³-hybridized carbons (Fsp3) is 0.562. The lowest BCUT2D eigenvalue weighted by Crippen LogP contribution is -2.43. The van der Waals surface area contributed by atoms with Gasteiger partial charge in [0.15, 0.2) is 0 Å². The smallest absolute Gasteiger partial charge is 0.319 e. The van der Waals surface area contributed by atoms with Crippen LogP contribution in [-0.2, 0) is 10.0 Å². The van der Waals surface area contributed by atoms with E-state index in [4.69, 9.17) is 5.14 Å². The molecule has 0 spiro atoms. The summed E-state index contributed by atoms with van der Waals surface area (Å²) < 4.78 is 22.6. The van der Waals surface area contributed by atoms with Gasteiger partial charge in [0.05, 0.1) is 4.90 Å². The van der Waals surface area contributed by atoms with Crippen LogP contribution >= 0.6 is 0 Å². The Kier molecular flexibility index (Phi) is 6.20. The number of benzene rings is 1. The Hall–Kier alpha value is -1.64. The molecule has 0 bridgehead atoms. The van der Waals surface area contributed by atoms with Crippen molar-refractivity contribution in [2.24, 2.45) is 17.0 Å². The standard InChI is InChI=1S/C16H26N4O3S/c1-12-8-13(2)11-20(10-12)7-6-18-16(21)19-14-4-3-5-15(9-14)24(17,22)23/h3-5,9,12-13H,6-8,10-11H2,1-2H3,(H2,17,22,23)(H2,18,19,21). The van der Waals surface area contributed by atoms with Gasteiger partial charge in [-0.3, -0.25) is 0 Å². The molecule has 0 aliphatic carbocycles. The molecule has 4 N–H and O–H groups in total. The molecule has 1 saturated heterocycles. The van der Waals surface area contributed by atoms with Crippen LogP contribution in [0.1, 0.15) is 20.3 Å². The van der Waals surface area contributed by atoms with E-state index in [1.807, 2.05) is 0 Å². The number of rotatable bonds is 5. The fourth-order valence-electron chi connectivity index (χ4n) is 3.23. The molecule has 7 nitrogen and oxygen atoms in total. The number of hydrogen-bond acceptors (Lipinski definition) is 4. The van der Waals surface area contributed by atoms with E-state index < -0.39 is 10.0 Å². The molecule has 1 aliphatic heterocycles. The molecule has 1 aromatic carbocycles. The van der Waals surface area contributed by atoms with E-state index in [1.165, 1.54) is 24.6 Å². The lowest BCUT2D eigenvalue weighted by Gasteiger charge is -2.34. The first kappa shape index (κ1) is 18.7. The first-order valence-electron chi connectivity index (χ1n) is 8.14. The van der Waals surface area contributed by atoms with Crippen molar-refractivity contribution in [3.05, 3.63) is 24.3 Å². The van der Waals surface area contributed by atoms with Gasteiger partial charge < -0.3 is 15.5 Å². The summed E-state index contributed by atoms with van der Waals surface area (Å²) in [5.41, 5.74) is 0.388. The Balaban J connectivity index is 1.79. The lowest BCUT2D eigenvalue weighted by molar-refractivity contribution is 0.142. The average molecular weight is 354 g/mol. The normalized spacial score (nSPS) is 22.1. The van der Waals surface area contributed by atoms with E-state index in [9.17, 15) is 13.2 Å². The summed E-state index contributed by atoms with van der Waals surface area (Å²) in [4.78, 5) is 14.3. The summed E-state index contributed by atoms with van der Waals surface area (Å²) >= 11 is 0. The molecule has 0 radical (unpaired) electrons. The number of nitrogens with zero attached hydrogens (tertiary/aromatic N) is 1. The second kappa shape index (κ2) is 7.96.